The molecule has 2 aromatic rings. The molecule has 0 fully saturated rings. The van der Waals surface area contributed by atoms with Crippen molar-refractivity contribution < 1.29 is 18.7 Å². The van der Waals surface area contributed by atoms with Crippen LogP contribution in [-0.2, 0) is 17.8 Å². The molecule has 2 aromatic carbocycles. The van der Waals surface area contributed by atoms with E-state index in [-0.39, 0.29) is 18.5 Å². The third kappa shape index (κ3) is 3.80. The normalized spacial score (nSPS) is 13.1. The van der Waals surface area contributed by atoms with Crippen LogP contribution in [0.4, 0.5) is 4.39 Å². The summed E-state index contributed by atoms with van der Waals surface area (Å²) in [5.41, 5.74) is 1.65. The van der Waals surface area contributed by atoms with E-state index >= 15 is 0 Å². The van der Waals surface area contributed by atoms with Gasteiger partial charge in [0.25, 0.3) is 5.91 Å². The van der Waals surface area contributed by atoms with E-state index in [9.17, 15) is 9.18 Å². The largest absolute Gasteiger partial charge is 0.467 e. The summed E-state index contributed by atoms with van der Waals surface area (Å²) in [4.78, 5) is 12.2. The molecule has 0 aliphatic carbocycles. The van der Waals surface area contributed by atoms with Gasteiger partial charge >= 0.3 is 0 Å². The number of carbonyl (C=O) groups excluding carboxylic acids is 1. The van der Waals surface area contributed by atoms with Gasteiger partial charge < -0.3 is 14.8 Å². The Morgan fingerprint density at radius 2 is 2.08 bits per heavy atom. The molecule has 0 aromatic heterocycles. The van der Waals surface area contributed by atoms with E-state index in [1.807, 2.05) is 0 Å². The summed E-state index contributed by atoms with van der Waals surface area (Å²) in [6, 6.07) is 7.48. The first kappa shape index (κ1) is 17.0. The molecule has 4 nitrogen and oxygen atoms in total. The molecule has 0 bridgehead atoms. The maximum atomic E-state index is 13.7. The maximum Gasteiger partial charge on any atom is 0.252 e. The molecule has 126 valence electrons. The van der Waals surface area contributed by atoms with Gasteiger partial charge in [0.2, 0.25) is 0 Å². The number of carbonyl (C=O) groups is 1. The van der Waals surface area contributed by atoms with Crippen molar-refractivity contribution in [1.82, 2.24) is 5.32 Å². The first-order valence-electron chi connectivity index (χ1n) is 7.29. The zero-order valence-corrected chi connectivity index (χ0v) is 14.1. The lowest BCUT2D eigenvalue weighted by Gasteiger charge is -2.21. The average molecular weight is 370 g/mol. The molecule has 0 unspecified atom stereocenters. The number of halogens is 3. The zero-order valence-electron chi connectivity index (χ0n) is 12.6. The summed E-state index contributed by atoms with van der Waals surface area (Å²) in [6.07, 6.45) is 0.421. The predicted octanol–water partition coefficient (Wildman–Crippen LogP) is 3.97. The first-order chi connectivity index (χ1) is 11.5. The molecular weight excluding hydrogens is 356 g/mol. The van der Waals surface area contributed by atoms with Crippen molar-refractivity contribution >= 4 is 29.1 Å². The lowest BCUT2D eigenvalue weighted by Crippen LogP contribution is -2.26. The fourth-order valence-corrected chi connectivity index (χ4v) is 2.90. The molecule has 0 saturated heterocycles. The molecule has 0 saturated carbocycles. The lowest BCUT2D eigenvalue weighted by atomic mass is 10.1. The van der Waals surface area contributed by atoms with Crippen LogP contribution in [0.1, 0.15) is 21.5 Å². The number of hydrogen-bond donors (Lipinski definition) is 1. The van der Waals surface area contributed by atoms with Crippen molar-refractivity contribution in [3.05, 3.63) is 62.9 Å². The number of amides is 1. The van der Waals surface area contributed by atoms with Crippen LogP contribution in [-0.4, -0.2) is 19.2 Å². The minimum Gasteiger partial charge on any atom is -0.467 e. The molecule has 1 aliphatic heterocycles. The van der Waals surface area contributed by atoms with E-state index in [1.54, 1.807) is 12.1 Å². The fraction of sp³-hybridized carbons (Fsp3) is 0.235. The number of rotatable bonds is 4. The molecule has 3 rings (SSSR count). The van der Waals surface area contributed by atoms with Crippen LogP contribution in [0.15, 0.2) is 30.3 Å². The number of nitrogens with one attached hydrogen (secondary N) is 1. The van der Waals surface area contributed by atoms with E-state index in [0.717, 1.165) is 0 Å². The molecule has 1 aliphatic rings. The van der Waals surface area contributed by atoms with Gasteiger partial charge in [-0.05, 0) is 42.3 Å². The number of benzene rings is 2. The summed E-state index contributed by atoms with van der Waals surface area (Å²) in [6.45, 7) is 0.752. The van der Waals surface area contributed by atoms with Crippen molar-refractivity contribution in [3.63, 3.8) is 0 Å². The van der Waals surface area contributed by atoms with Gasteiger partial charge in [0.1, 0.15) is 11.6 Å². The van der Waals surface area contributed by atoms with Crippen LogP contribution in [0.5, 0.6) is 5.75 Å². The quantitative estimate of drug-likeness (QED) is 0.886. The summed E-state index contributed by atoms with van der Waals surface area (Å²) in [5, 5.41) is 3.50. The second-order valence-electron chi connectivity index (χ2n) is 5.29. The Balaban J connectivity index is 1.67. The highest BCUT2D eigenvalue weighted by Crippen LogP contribution is 2.29. The topological polar surface area (TPSA) is 47.6 Å². The molecule has 7 heteroatoms. The van der Waals surface area contributed by atoms with E-state index in [0.29, 0.717) is 52.1 Å². The maximum absolute atomic E-state index is 13.7. The van der Waals surface area contributed by atoms with Gasteiger partial charge in [-0.2, -0.15) is 0 Å². The fourth-order valence-electron chi connectivity index (χ4n) is 2.52. The first-order valence-corrected chi connectivity index (χ1v) is 8.05. The van der Waals surface area contributed by atoms with Gasteiger partial charge in [0, 0.05) is 17.1 Å². The number of fused-ring (bicyclic) bond motifs is 1. The smallest absolute Gasteiger partial charge is 0.252 e. The lowest BCUT2D eigenvalue weighted by molar-refractivity contribution is -0.0172. The number of ether oxygens (including phenoxy) is 2. The second kappa shape index (κ2) is 7.38. The van der Waals surface area contributed by atoms with E-state index in [2.05, 4.69) is 5.32 Å². The third-order valence-corrected chi connectivity index (χ3v) is 4.17. The highest BCUT2D eigenvalue weighted by molar-refractivity contribution is 6.35. The highest BCUT2D eigenvalue weighted by atomic mass is 35.5. The zero-order chi connectivity index (χ0) is 17.1. The molecule has 1 N–H and O–H groups in total. The van der Waals surface area contributed by atoms with Crippen LogP contribution in [0.25, 0.3) is 0 Å². The molecule has 0 radical (unpaired) electrons. The molecule has 0 spiro atoms. The second-order valence-corrected chi connectivity index (χ2v) is 6.14. The van der Waals surface area contributed by atoms with Gasteiger partial charge in [-0.1, -0.05) is 23.2 Å². The highest BCUT2D eigenvalue weighted by Gasteiger charge is 2.17. The molecule has 24 heavy (non-hydrogen) atoms. The molecule has 1 heterocycles. The van der Waals surface area contributed by atoms with Crippen LogP contribution in [0.3, 0.4) is 0 Å². The van der Waals surface area contributed by atoms with Crippen molar-refractivity contribution in [1.29, 1.82) is 0 Å². The summed E-state index contributed by atoms with van der Waals surface area (Å²) in [7, 11) is 0. The van der Waals surface area contributed by atoms with Crippen molar-refractivity contribution in [2.75, 3.05) is 13.3 Å². The molecule has 0 atom stereocenters. The van der Waals surface area contributed by atoms with Gasteiger partial charge in [-0.15, -0.1) is 0 Å². The Labute approximate surface area is 148 Å². The number of hydrogen-bond acceptors (Lipinski definition) is 3. The van der Waals surface area contributed by atoms with E-state index < -0.39 is 0 Å². The Bertz CT molecular complexity index is 783. The van der Waals surface area contributed by atoms with Gasteiger partial charge in [0.15, 0.2) is 6.79 Å². The van der Waals surface area contributed by atoms with Gasteiger partial charge in [0.05, 0.1) is 17.2 Å². The van der Waals surface area contributed by atoms with Gasteiger partial charge in [-0.3, -0.25) is 4.79 Å². The summed E-state index contributed by atoms with van der Waals surface area (Å²) >= 11 is 11.9. The van der Waals surface area contributed by atoms with Crippen LogP contribution in [0.2, 0.25) is 10.0 Å². The summed E-state index contributed by atoms with van der Waals surface area (Å²) < 4.78 is 24.3. The van der Waals surface area contributed by atoms with Crippen molar-refractivity contribution in [2.45, 2.75) is 13.0 Å². The van der Waals surface area contributed by atoms with Crippen LogP contribution in [0, 0.1) is 5.82 Å². The average Bonchev–Trinajstić information content (AvgIpc) is 2.56. The van der Waals surface area contributed by atoms with E-state index in [4.69, 9.17) is 32.7 Å². The standard InChI is InChI=1S/C17H14Cl2FNO3/c18-12-1-2-15(19)14(7-12)17(22)21-4-3-10-5-13(20)6-11-8-23-9-24-16(10)11/h1-2,5-7H,3-4,8-9H2,(H,21,22). The minimum atomic E-state index is -0.359. The summed E-state index contributed by atoms with van der Waals surface area (Å²) in [5.74, 6) is -0.0724. The molecule has 1 amide bonds. The van der Waals surface area contributed by atoms with Crippen molar-refractivity contribution in [3.8, 4) is 5.75 Å². The monoisotopic (exact) mass is 369 g/mol. The Hall–Kier alpha value is -1.82. The Kier molecular flexibility index (Phi) is 5.23. The Morgan fingerprint density at radius 3 is 2.92 bits per heavy atom. The predicted molar refractivity (Wildman–Crippen MR) is 89.2 cm³/mol. The molecular formula is C17H14Cl2FNO3. The van der Waals surface area contributed by atoms with Crippen LogP contribution >= 0.6 is 23.2 Å². The third-order valence-electron chi connectivity index (χ3n) is 3.60. The SMILES string of the molecule is O=C(NCCc1cc(F)cc2c1OCOC2)c1cc(Cl)ccc1Cl. The van der Waals surface area contributed by atoms with Gasteiger partial charge in [-0.25, -0.2) is 4.39 Å². The van der Waals surface area contributed by atoms with E-state index in [1.165, 1.54) is 18.2 Å². The Morgan fingerprint density at radius 1 is 1.25 bits per heavy atom. The van der Waals surface area contributed by atoms with Crippen molar-refractivity contribution in [2.24, 2.45) is 0 Å². The minimum absolute atomic E-state index is 0.135. The van der Waals surface area contributed by atoms with Crippen LogP contribution < -0.4 is 10.1 Å².